The normalized spacial score (nSPS) is 13.6. The summed E-state index contributed by atoms with van der Waals surface area (Å²) < 4.78 is 5.94. The highest BCUT2D eigenvalue weighted by Gasteiger charge is 2.24. The summed E-state index contributed by atoms with van der Waals surface area (Å²) in [6.45, 7) is 6.45. The molecule has 0 aliphatic rings. The second-order valence-electron chi connectivity index (χ2n) is 18.4. The molecule has 0 aliphatic heterocycles. The topological polar surface area (TPSA) is 95.9 Å². The Morgan fingerprint density at radius 2 is 0.823 bits per heavy atom. The molecule has 3 unspecified atom stereocenters. The molecule has 0 aromatic rings. The van der Waals surface area contributed by atoms with E-state index in [9.17, 15) is 19.8 Å². The van der Waals surface area contributed by atoms with Crippen LogP contribution in [0.5, 0.6) is 0 Å². The minimum Gasteiger partial charge on any atom is -0.462 e. The lowest BCUT2D eigenvalue weighted by atomic mass is 10.0. The van der Waals surface area contributed by atoms with Gasteiger partial charge in [0, 0.05) is 6.42 Å². The summed E-state index contributed by atoms with van der Waals surface area (Å²) in [5, 5.41) is 23.7. The lowest BCUT2D eigenvalue weighted by Crippen LogP contribution is -2.46. The molecule has 362 valence electrons. The molecular weight excluding hydrogens is 767 g/mol. The van der Waals surface area contributed by atoms with Crippen molar-refractivity contribution < 1.29 is 24.5 Å². The number of carbonyl (C=O) groups is 2. The first-order valence-electron chi connectivity index (χ1n) is 26.9. The third kappa shape index (κ3) is 44.4. The van der Waals surface area contributed by atoms with Crippen molar-refractivity contribution >= 4 is 11.9 Å². The van der Waals surface area contributed by atoms with Gasteiger partial charge in [0.2, 0.25) is 5.91 Å². The van der Waals surface area contributed by atoms with Gasteiger partial charge in [-0.3, -0.25) is 9.59 Å². The largest absolute Gasteiger partial charge is 0.462 e. The second kappa shape index (κ2) is 49.8. The monoisotopic (exact) mass is 870 g/mol. The molecule has 3 atom stereocenters. The minimum atomic E-state index is -0.790. The predicted molar refractivity (Wildman–Crippen MR) is 269 cm³/mol. The molecule has 6 heteroatoms. The van der Waals surface area contributed by atoms with E-state index < -0.39 is 18.2 Å². The summed E-state index contributed by atoms with van der Waals surface area (Å²) in [6.07, 6.45) is 60.2. The molecule has 0 fully saturated rings. The summed E-state index contributed by atoms with van der Waals surface area (Å²) in [5.74, 6) is -0.490. The van der Waals surface area contributed by atoms with Gasteiger partial charge in [-0.1, -0.05) is 256 Å². The van der Waals surface area contributed by atoms with Crippen LogP contribution in [-0.4, -0.2) is 46.9 Å². The number of hydrogen-bond acceptors (Lipinski definition) is 5. The van der Waals surface area contributed by atoms with Crippen LogP contribution < -0.4 is 5.32 Å². The Kier molecular flexibility index (Phi) is 48.1. The van der Waals surface area contributed by atoms with Crippen LogP contribution in [-0.2, 0) is 14.3 Å². The molecule has 0 rings (SSSR count). The van der Waals surface area contributed by atoms with Crippen molar-refractivity contribution in [3.63, 3.8) is 0 Å². The molecule has 6 nitrogen and oxygen atoms in total. The first-order chi connectivity index (χ1) is 30.5. The number of rotatable bonds is 48. The molecular formula is C56H103NO5. The number of esters is 1. The van der Waals surface area contributed by atoms with Gasteiger partial charge in [-0.05, 0) is 51.4 Å². The Hall–Kier alpha value is -2.18. The number of carbonyl (C=O) groups excluding carboxylic acids is 2. The van der Waals surface area contributed by atoms with Crippen molar-refractivity contribution in [2.75, 3.05) is 6.61 Å². The summed E-state index contributed by atoms with van der Waals surface area (Å²) >= 11 is 0. The summed E-state index contributed by atoms with van der Waals surface area (Å²) in [6, 6.07) is -0.704. The zero-order chi connectivity index (χ0) is 45.2. The Labute approximate surface area is 385 Å². The van der Waals surface area contributed by atoms with Crippen LogP contribution in [0.2, 0.25) is 0 Å². The van der Waals surface area contributed by atoms with Crippen LogP contribution in [0.4, 0.5) is 0 Å². The Balaban J connectivity index is 4.60. The second-order valence-corrected chi connectivity index (χ2v) is 18.4. The zero-order valence-electron chi connectivity index (χ0n) is 41.3. The summed E-state index contributed by atoms with van der Waals surface area (Å²) in [4.78, 5) is 26.2. The molecule has 0 saturated carbocycles. The summed E-state index contributed by atoms with van der Waals surface area (Å²) in [7, 11) is 0. The van der Waals surface area contributed by atoms with Crippen LogP contribution >= 0.6 is 0 Å². The molecule has 62 heavy (non-hydrogen) atoms. The predicted octanol–water partition coefficient (Wildman–Crippen LogP) is 16.2. The van der Waals surface area contributed by atoms with E-state index in [2.05, 4.69) is 74.7 Å². The first kappa shape index (κ1) is 59.8. The van der Waals surface area contributed by atoms with Crippen LogP contribution in [0.1, 0.15) is 271 Å². The molecule has 0 aliphatic carbocycles. The maximum atomic E-state index is 13.2. The van der Waals surface area contributed by atoms with E-state index in [1.165, 1.54) is 148 Å². The maximum absolute atomic E-state index is 13.2. The highest BCUT2D eigenvalue weighted by atomic mass is 16.5. The van der Waals surface area contributed by atoms with E-state index in [-0.39, 0.29) is 24.9 Å². The van der Waals surface area contributed by atoms with Crippen molar-refractivity contribution in [3.05, 3.63) is 48.6 Å². The molecule has 0 spiro atoms. The molecule has 1 amide bonds. The molecule has 0 radical (unpaired) electrons. The molecule has 0 aromatic heterocycles. The summed E-state index contributed by atoms with van der Waals surface area (Å²) in [5.41, 5.74) is 0. The third-order valence-electron chi connectivity index (χ3n) is 12.3. The Morgan fingerprint density at radius 1 is 0.468 bits per heavy atom. The number of ether oxygens (including phenoxy) is 1. The number of hydrogen-bond donors (Lipinski definition) is 3. The molecule has 0 heterocycles. The van der Waals surface area contributed by atoms with Gasteiger partial charge in [-0.2, -0.15) is 0 Å². The van der Waals surface area contributed by atoms with Gasteiger partial charge >= 0.3 is 5.97 Å². The van der Waals surface area contributed by atoms with Crippen molar-refractivity contribution in [3.8, 4) is 0 Å². The van der Waals surface area contributed by atoms with E-state index in [4.69, 9.17) is 4.74 Å². The van der Waals surface area contributed by atoms with Crippen molar-refractivity contribution in [1.29, 1.82) is 0 Å². The fraction of sp³-hybridized carbons (Fsp3) is 0.821. The number of nitrogens with one attached hydrogen (secondary N) is 1. The lowest BCUT2D eigenvalue weighted by molar-refractivity contribution is -0.151. The average Bonchev–Trinajstić information content (AvgIpc) is 3.26. The molecule has 0 aromatic carbocycles. The highest BCUT2D eigenvalue weighted by molar-refractivity contribution is 5.77. The van der Waals surface area contributed by atoms with Gasteiger partial charge in [-0.15, -0.1) is 0 Å². The van der Waals surface area contributed by atoms with Gasteiger partial charge < -0.3 is 20.3 Å². The number of allylic oxidation sites excluding steroid dienone is 8. The fourth-order valence-corrected chi connectivity index (χ4v) is 8.15. The van der Waals surface area contributed by atoms with Gasteiger partial charge in [0.25, 0.3) is 0 Å². The van der Waals surface area contributed by atoms with E-state index in [0.717, 1.165) is 77.0 Å². The van der Waals surface area contributed by atoms with Crippen LogP contribution in [0.3, 0.4) is 0 Å². The SMILES string of the molecule is CCCCC/C=C/C=C/C=C/C=C/CCCCCCCC(=O)OC(CCCCCCCCCCCCCCCCC)CC(=O)NC(CO)C(O)CCCCCCCCCCCC. The molecule has 0 saturated heterocycles. The van der Waals surface area contributed by atoms with E-state index in [1.54, 1.807) is 0 Å². The van der Waals surface area contributed by atoms with Gasteiger partial charge in [-0.25, -0.2) is 0 Å². The van der Waals surface area contributed by atoms with E-state index in [1.807, 2.05) is 0 Å². The van der Waals surface area contributed by atoms with Crippen LogP contribution in [0.25, 0.3) is 0 Å². The Morgan fingerprint density at radius 3 is 1.27 bits per heavy atom. The number of unbranched alkanes of at least 4 members (excludes halogenated alkanes) is 31. The maximum Gasteiger partial charge on any atom is 0.306 e. The van der Waals surface area contributed by atoms with E-state index in [0.29, 0.717) is 19.3 Å². The lowest BCUT2D eigenvalue weighted by Gasteiger charge is -2.24. The Bertz CT molecular complexity index is 1070. The first-order valence-corrected chi connectivity index (χ1v) is 26.9. The van der Waals surface area contributed by atoms with Crippen molar-refractivity contribution in [1.82, 2.24) is 5.32 Å². The van der Waals surface area contributed by atoms with Gasteiger partial charge in [0.1, 0.15) is 6.10 Å². The smallest absolute Gasteiger partial charge is 0.306 e. The number of aliphatic hydroxyl groups excluding tert-OH is 2. The number of aliphatic hydroxyl groups is 2. The van der Waals surface area contributed by atoms with E-state index >= 15 is 0 Å². The standard InChI is InChI=1S/C56H103NO5/c1-4-7-10-13-16-19-22-24-26-27-28-30-32-34-37-40-43-46-49-56(61)62-52(47-44-41-38-35-33-31-29-25-23-20-17-14-11-8-5-2)50-55(60)57-53(51-58)54(59)48-45-42-39-36-21-18-15-12-9-6-3/h16,19,22,24,26-28,30,52-54,58-59H,4-15,17-18,20-21,23,25,29,31-51H2,1-3H3,(H,57,60)/b19-16+,24-22+,27-26+,30-28+. The zero-order valence-corrected chi connectivity index (χ0v) is 41.3. The number of amides is 1. The van der Waals surface area contributed by atoms with Gasteiger partial charge in [0.05, 0.1) is 25.2 Å². The van der Waals surface area contributed by atoms with Gasteiger partial charge in [0.15, 0.2) is 0 Å². The highest BCUT2D eigenvalue weighted by Crippen LogP contribution is 2.18. The molecule has 3 N–H and O–H groups in total. The van der Waals surface area contributed by atoms with Crippen LogP contribution in [0.15, 0.2) is 48.6 Å². The quantitative estimate of drug-likeness (QED) is 0.0322. The van der Waals surface area contributed by atoms with Crippen molar-refractivity contribution in [2.45, 2.75) is 289 Å². The van der Waals surface area contributed by atoms with Crippen LogP contribution in [0, 0.1) is 0 Å². The third-order valence-corrected chi connectivity index (χ3v) is 12.3. The average molecular weight is 870 g/mol. The minimum absolute atomic E-state index is 0.0704. The molecule has 0 bridgehead atoms. The fourth-order valence-electron chi connectivity index (χ4n) is 8.15. The van der Waals surface area contributed by atoms with Crippen molar-refractivity contribution in [2.24, 2.45) is 0 Å².